The van der Waals surface area contributed by atoms with Gasteiger partial charge in [-0.1, -0.05) is 0 Å². The number of nitrogens with zero attached hydrogens (tertiary/aromatic N) is 1. The number of hydrogen-bond donors (Lipinski definition) is 1. The fraction of sp³-hybridized carbons (Fsp3) is 0.818. The molecule has 0 fully saturated rings. The standard InChI is InChI=1S/C11H21NO5S/c1-8(2)12(6-10(14)15)9(13)7-18(16,17)11(3,4)5/h8H,6-7H2,1-5H3,(H,14,15). The smallest absolute Gasteiger partial charge is 0.323 e. The van der Waals surface area contributed by atoms with E-state index in [9.17, 15) is 18.0 Å². The summed E-state index contributed by atoms with van der Waals surface area (Å²) in [6.07, 6.45) is 0. The molecule has 0 saturated heterocycles. The molecule has 0 rings (SSSR count). The topological polar surface area (TPSA) is 91.8 Å². The van der Waals surface area contributed by atoms with E-state index in [0.717, 1.165) is 4.90 Å². The van der Waals surface area contributed by atoms with Crippen molar-refractivity contribution in [2.24, 2.45) is 0 Å². The summed E-state index contributed by atoms with van der Waals surface area (Å²) in [5, 5.41) is 8.70. The van der Waals surface area contributed by atoms with Crippen LogP contribution in [0.3, 0.4) is 0 Å². The van der Waals surface area contributed by atoms with E-state index in [0.29, 0.717) is 0 Å². The minimum Gasteiger partial charge on any atom is -0.480 e. The van der Waals surface area contributed by atoms with Gasteiger partial charge in [-0.2, -0.15) is 0 Å². The minimum absolute atomic E-state index is 0.358. The summed E-state index contributed by atoms with van der Waals surface area (Å²) < 4.78 is 22.7. The van der Waals surface area contributed by atoms with Gasteiger partial charge in [0.25, 0.3) is 0 Å². The predicted octanol–water partition coefficient (Wildman–Crippen LogP) is 0.521. The van der Waals surface area contributed by atoms with E-state index in [4.69, 9.17) is 5.11 Å². The van der Waals surface area contributed by atoms with E-state index >= 15 is 0 Å². The van der Waals surface area contributed by atoms with Gasteiger partial charge in [0.2, 0.25) is 5.91 Å². The number of carbonyl (C=O) groups excluding carboxylic acids is 1. The molecular weight excluding hydrogens is 258 g/mol. The Hall–Kier alpha value is -1.11. The summed E-state index contributed by atoms with van der Waals surface area (Å²) in [7, 11) is -3.60. The average molecular weight is 279 g/mol. The van der Waals surface area contributed by atoms with Crippen LogP contribution in [0.15, 0.2) is 0 Å². The molecule has 0 aromatic rings. The molecule has 0 aliphatic carbocycles. The lowest BCUT2D eigenvalue weighted by atomic mass is 10.3. The molecular formula is C11H21NO5S. The lowest BCUT2D eigenvalue weighted by Crippen LogP contribution is -2.45. The Bertz CT molecular complexity index is 419. The highest BCUT2D eigenvalue weighted by atomic mass is 32.2. The number of hydrogen-bond acceptors (Lipinski definition) is 4. The molecule has 0 heterocycles. The van der Waals surface area contributed by atoms with Gasteiger partial charge in [0.1, 0.15) is 12.3 Å². The van der Waals surface area contributed by atoms with Gasteiger partial charge in [-0.05, 0) is 34.6 Å². The molecule has 1 amide bonds. The number of sulfone groups is 1. The Morgan fingerprint density at radius 3 is 1.94 bits per heavy atom. The van der Waals surface area contributed by atoms with E-state index in [2.05, 4.69) is 0 Å². The van der Waals surface area contributed by atoms with Crippen LogP contribution >= 0.6 is 0 Å². The molecule has 0 spiro atoms. The first-order valence-electron chi connectivity index (χ1n) is 5.62. The quantitative estimate of drug-likeness (QED) is 0.792. The van der Waals surface area contributed by atoms with Crippen LogP contribution in [0.5, 0.6) is 0 Å². The number of amides is 1. The third kappa shape index (κ3) is 4.64. The second-order valence-corrected chi connectivity index (χ2v) is 8.12. The summed E-state index contributed by atoms with van der Waals surface area (Å²) in [5.41, 5.74) is 0. The Morgan fingerprint density at radius 2 is 1.67 bits per heavy atom. The number of carboxylic acid groups (broad SMARTS) is 1. The van der Waals surface area contributed by atoms with Crippen molar-refractivity contribution in [2.45, 2.75) is 45.4 Å². The number of carbonyl (C=O) groups is 2. The second kappa shape index (κ2) is 5.69. The predicted molar refractivity (Wildman–Crippen MR) is 68.0 cm³/mol. The van der Waals surface area contributed by atoms with E-state index in [1.54, 1.807) is 13.8 Å². The van der Waals surface area contributed by atoms with Gasteiger partial charge in [-0.15, -0.1) is 0 Å². The molecule has 6 nitrogen and oxygen atoms in total. The van der Waals surface area contributed by atoms with Gasteiger partial charge in [-0.3, -0.25) is 9.59 Å². The van der Waals surface area contributed by atoms with E-state index in [1.807, 2.05) is 0 Å². The van der Waals surface area contributed by atoms with Crippen molar-refractivity contribution in [2.75, 3.05) is 12.3 Å². The molecule has 0 bridgehead atoms. The second-order valence-electron chi connectivity index (χ2n) is 5.38. The zero-order valence-electron chi connectivity index (χ0n) is 11.4. The zero-order chi connectivity index (χ0) is 14.7. The molecule has 0 aromatic heterocycles. The highest BCUT2D eigenvalue weighted by Crippen LogP contribution is 2.17. The zero-order valence-corrected chi connectivity index (χ0v) is 12.2. The van der Waals surface area contributed by atoms with Crippen LogP contribution in [0.25, 0.3) is 0 Å². The van der Waals surface area contributed by atoms with Gasteiger partial charge >= 0.3 is 5.97 Å². The van der Waals surface area contributed by atoms with Crippen LogP contribution < -0.4 is 0 Å². The third-order valence-electron chi connectivity index (χ3n) is 2.50. The molecule has 7 heteroatoms. The van der Waals surface area contributed by atoms with Crippen molar-refractivity contribution in [3.63, 3.8) is 0 Å². The van der Waals surface area contributed by atoms with Crippen LogP contribution in [0.4, 0.5) is 0 Å². The van der Waals surface area contributed by atoms with Crippen LogP contribution in [0.2, 0.25) is 0 Å². The van der Waals surface area contributed by atoms with Crippen LogP contribution in [0, 0.1) is 0 Å². The fourth-order valence-corrected chi connectivity index (χ4v) is 2.09. The summed E-state index contributed by atoms with van der Waals surface area (Å²) in [5.74, 6) is -2.50. The lowest BCUT2D eigenvalue weighted by molar-refractivity contribution is -0.144. The van der Waals surface area contributed by atoms with Gasteiger partial charge in [0, 0.05) is 6.04 Å². The van der Waals surface area contributed by atoms with Crippen LogP contribution in [-0.2, 0) is 19.4 Å². The van der Waals surface area contributed by atoms with Crippen molar-refractivity contribution in [1.82, 2.24) is 4.90 Å². The fourth-order valence-electron chi connectivity index (χ4n) is 1.17. The SMILES string of the molecule is CC(C)N(CC(=O)O)C(=O)CS(=O)(=O)C(C)(C)C. The maximum Gasteiger partial charge on any atom is 0.323 e. The Morgan fingerprint density at radius 1 is 1.22 bits per heavy atom. The Labute approximate surface area is 108 Å². The van der Waals surface area contributed by atoms with Gasteiger partial charge in [-0.25, -0.2) is 8.42 Å². The summed E-state index contributed by atoms with van der Waals surface area (Å²) in [6.45, 7) is 7.32. The lowest BCUT2D eigenvalue weighted by Gasteiger charge is -2.27. The van der Waals surface area contributed by atoms with Gasteiger partial charge in [0.15, 0.2) is 9.84 Å². The van der Waals surface area contributed by atoms with Crippen molar-refractivity contribution in [1.29, 1.82) is 0 Å². The first-order valence-corrected chi connectivity index (χ1v) is 7.27. The highest BCUT2D eigenvalue weighted by Gasteiger charge is 2.33. The van der Waals surface area contributed by atoms with Crippen LogP contribution in [0.1, 0.15) is 34.6 Å². The molecule has 106 valence electrons. The Balaban J connectivity index is 4.99. The van der Waals surface area contributed by atoms with E-state index in [-0.39, 0.29) is 6.04 Å². The highest BCUT2D eigenvalue weighted by molar-refractivity contribution is 7.93. The molecule has 18 heavy (non-hydrogen) atoms. The van der Waals surface area contributed by atoms with Crippen LogP contribution in [-0.4, -0.2) is 53.4 Å². The molecule has 0 aromatic carbocycles. The molecule has 0 aliphatic rings. The van der Waals surface area contributed by atoms with Crippen molar-refractivity contribution in [3.05, 3.63) is 0 Å². The van der Waals surface area contributed by atoms with Gasteiger partial charge < -0.3 is 10.0 Å². The third-order valence-corrected chi connectivity index (χ3v) is 4.99. The summed E-state index contributed by atoms with van der Waals surface area (Å²) in [4.78, 5) is 23.6. The normalized spacial score (nSPS) is 12.6. The minimum atomic E-state index is -3.60. The Kier molecular flexibility index (Phi) is 5.34. The monoisotopic (exact) mass is 279 g/mol. The first-order chi connectivity index (χ1) is 7.88. The molecule has 0 aliphatic heterocycles. The van der Waals surface area contributed by atoms with Crippen molar-refractivity contribution >= 4 is 21.7 Å². The average Bonchev–Trinajstić information content (AvgIpc) is 2.10. The number of aliphatic carboxylic acids is 1. The van der Waals surface area contributed by atoms with E-state index < -0.39 is 38.8 Å². The van der Waals surface area contributed by atoms with Crippen molar-refractivity contribution in [3.8, 4) is 0 Å². The van der Waals surface area contributed by atoms with E-state index in [1.165, 1.54) is 20.8 Å². The first kappa shape index (κ1) is 16.9. The number of carboxylic acids is 1. The van der Waals surface area contributed by atoms with Crippen molar-refractivity contribution < 1.29 is 23.1 Å². The maximum atomic E-state index is 11.9. The molecule has 0 radical (unpaired) electrons. The summed E-state index contributed by atoms with van der Waals surface area (Å²) >= 11 is 0. The molecule has 0 unspecified atom stereocenters. The largest absolute Gasteiger partial charge is 0.480 e. The van der Waals surface area contributed by atoms with Gasteiger partial charge in [0.05, 0.1) is 4.75 Å². The summed E-state index contributed by atoms with van der Waals surface area (Å²) in [6, 6.07) is -0.358. The molecule has 1 N–H and O–H groups in total. The maximum absolute atomic E-state index is 11.9. The number of rotatable bonds is 5. The molecule has 0 atom stereocenters. The molecule has 0 saturated carbocycles.